The molecule has 0 aromatic carbocycles. The number of halogens is 3. The van der Waals surface area contributed by atoms with Crippen LogP contribution in [0.2, 0.25) is 0 Å². The van der Waals surface area contributed by atoms with Gasteiger partial charge in [-0.15, -0.1) is 0 Å². The van der Waals surface area contributed by atoms with Crippen molar-refractivity contribution in [1.29, 1.82) is 0 Å². The van der Waals surface area contributed by atoms with Gasteiger partial charge in [0.15, 0.2) is 3.79 Å². The highest BCUT2D eigenvalue weighted by Crippen LogP contribution is 2.40. The second-order valence-electron chi connectivity index (χ2n) is 3.53. The summed E-state index contributed by atoms with van der Waals surface area (Å²) in [5, 5.41) is 11.1. The van der Waals surface area contributed by atoms with Gasteiger partial charge >= 0.3 is 6.09 Å². The van der Waals surface area contributed by atoms with Crippen molar-refractivity contribution in [3.05, 3.63) is 12.2 Å². The van der Waals surface area contributed by atoms with Crippen LogP contribution in [0.4, 0.5) is 4.79 Å². The first-order valence-corrected chi connectivity index (χ1v) is 5.53. The lowest BCUT2D eigenvalue weighted by atomic mass is 9.92. The molecule has 0 spiro atoms. The fourth-order valence-electron chi connectivity index (χ4n) is 1.77. The maximum absolute atomic E-state index is 10.7. The monoisotopic (exact) mass is 288 g/mol. The van der Waals surface area contributed by atoms with Crippen LogP contribution in [0.3, 0.4) is 0 Å². The SMILES string of the molecule is NOC1CC=CC1(CC(Cl)(Cl)Cl)NC(=O)O. The van der Waals surface area contributed by atoms with Crippen LogP contribution in [0, 0.1) is 0 Å². The lowest BCUT2D eigenvalue weighted by Gasteiger charge is -2.35. The van der Waals surface area contributed by atoms with Crippen molar-refractivity contribution in [2.75, 3.05) is 0 Å². The van der Waals surface area contributed by atoms with E-state index in [0.717, 1.165) is 0 Å². The molecule has 0 bridgehead atoms. The fourth-order valence-corrected chi connectivity index (χ4v) is 2.43. The molecule has 1 aliphatic rings. The molecule has 2 atom stereocenters. The minimum Gasteiger partial charge on any atom is -0.465 e. The molecule has 0 aliphatic heterocycles. The molecule has 2 unspecified atom stereocenters. The van der Waals surface area contributed by atoms with Crippen molar-refractivity contribution in [3.63, 3.8) is 0 Å². The van der Waals surface area contributed by atoms with Crippen LogP contribution in [-0.4, -0.2) is 26.6 Å². The molecule has 4 N–H and O–H groups in total. The maximum atomic E-state index is 10.7. The normalized spacial score (nSPS) is 29.4. The highest BCUT2D eigenvalue weighted by Gasteiger charge is 2.46. The number of alkyl halides is 3. The van der Waals surface area contributed by atoms with Gasteiger partial charge in [0, 0.05) is 6.42 Å². The second-order valence-corrected chi connectivity index (χ2v) is 6.04. The lowest BCUT2D eigenvalue weighted by molar-refractivity contribution is 0.00812. The molecule has 0 heterocycles. The number of rotatable bonds is 3. The molecule has 16 heavy (non-hydrogen) atoms. The van der Waals surface area contributed by atoms with Gasteiger partial charge in [0.1, 0.15) is 6.10 Å². The van der Waals surface area contributed by atoms with Crippen LogP contribution in [0.5, 0.6) is 0 Å². The van der Waals surface area contributed by atoms with Crippen molar-refractivity contribution >= 4 is 40.9 Å². The average Bonchev–Trinajstić information content (AvgIpc) is 2.42. The molecule has 1 amide bonds. The topological polar surface area (TPSA) is 84.6 Å². The molecule has 92 valence electrons. The van der Waals surface area contributed by atoms with Crippen LogP contribution >= 0.6 is 34.8 Å². The van der Waals surface area contributed by atoms with E-state index in [1.807, 2.05) is 0 Å². The summed E-state index contributed by atoms with van der Waals surface area (Å²) in [6.45, 7) is 0. The van der Waals surface area contributed by atoms with Crippen molar-refractivity contribution in [2.45, 2.75) is 28.3 Å². The van der Waals surface area contributed by atoms with Crippen LogP contribution in [0.25, 0.3) is 0 Å². The van der Waals surface area contributed by atoms with E-state index in [9.17, 15) is 4.79 Å². The summed E-state index contributed by atoms with van der Waals surface area (Å²) in [4.78, 5) is 15.4. The Bertz CT molecular complexity index is 305. The van der Waals surface area contributed by atoms with Gasteiger partial charge in [-0.05, 0) is 6.42 Å². The third-order valence-electron chi connectivity index (χ3n) is 2.34. The van der Waals surface area contributed by atoms with E-state index in [4.69, 9.17) is 50.6 Å². The van der Waals surface area contributed by atoms with Crippen molar-refractivity contribution in [2.24, 2.45) is 5.90 Å². The van der Waals surface area contributed by atoms with E-state index < -0.39 is 21.5 Å². The molecule has 1 rings (SSSR count). The largest absolute Gasteiger partial charge is 0.465 e. The number of amides is 1. The van der Waals surface area contributed by atoms with Crippen molar-refractivity contribution < 1.29 is 14.7 Å². The van der Waals surface area contributed by atoms with E-state index >= 15 is 0 Å². The van der Waals surface area contributed by atoms with Gasteiger partial charge in [-0.2, -0.15) is 0 Å². The third-order valence-corrected chi connectivity index (χ3v) is 2.74. The van der Waals surface area contributed by atoms with Gasteiger partial charge in [0.25, 0.3) is 0 Å². The maximum Gasteiger partial charge on any atom is 0.405 e. The van der Waals surface area contributed by atoms with Gasteiger partial charge in [-0.3, -0.25) is 4.84 Å². The molecule has 1 aliphatic carbocycles. The highest BCUT2D eigenvalue weighted by molar-refractivity contribution is 6.67. The van der Waals surface area contributed by atoms with Gasteiger partial charge in [0.05, 0.1) is 5.54 Å². The zero-order chi connectivity index (χ0) is 12.4. The quantitative estimate of drug-likeness (QED) is 0.421. The zero-order valence-electron chi connectivity index (χ0n) is 8.12. The standard InChI is InChI=1S/C8H11Cl3N2O3/c9-8(10,11)4-7(13-6(14)15)3-1-2-5(7)16-12/h1,3,5,13H,2,4,12H2,(H,14,15). The summed E-state index contributed by atoms with van der Waals surface area (Å²) in [7, 11) is 0. The first kappa shape index (κ1) is 13.9. The molecule has 0 fully saturated rings. The number of carbonyl (C=O) groups is 1. The smallest absolute Gasteiger partial charge is 0.405 e. The van der Waals surface area contributed by atoms with Gasteiger partial charge in [-0.25, -0.2) is 10.7 Å². The Morgan fingerprint density at radius 1 is 1.69 bits per heavy atom. The first-order valence-electron chi connectivity index (χ1n) is 4.40. The van der Waals surface area contributed by atoms with Gasteiger partial charge < -0.3 is 10.4 Å². The molecule has 8 heteroatoms. The lowest BCUT2D eigenvalue weighted by Crippen LogP contribution is -2.56. The minimum atomic E-state index is -1.60. The van der Waals surface area contributed by atoms with E-state index in [-0.39, 0.29) is 6.42 Å². The number of carboxylic acid groups (broad SMARTS) is 1. The summed E-state index contributed by atoms with van der Waals surface area (Å²) in [5.41, 5.74) is -1.11. The molecule has 0 aromatic heterocycles. The van der Waals surface area contributed by atoms with Crippen molar-refractivity contribution in [1.82, 2.24) is 5.32 Å². The molecule has 0 saturated carbocycles. The summed E-state index contributed by atoms with van der Waals surface area (Å²) in [6.07, 6.45) is 1.90. The molecule has 0 saturated heterocycles. The summed E-state index contributed by atoms with van der Waals surface area (Å²) < 4.78 is -1.60. The Labute approximate surface area is 107 Å². The zero-order valence-corrected chi connectivity index (χ0v) is 10.4. The van der Waals surface area contributed by atoms with Crippen LogP contribution < -0.4 is 11.2 Å². The molecule has 0 radical (unpaired) electrons. The number of hydrogen-bond acceptors (Lipinski definition) is 3. The number of hydrogen-bond donors (Lipinski definition) is 3. The second kappa shape index (κ2) is 4.98. The fraction of sp³-hybridized carbons (Fsp3) is 0.625. The van der Waals surface area contributed by atoms with Crippen LogP contribution in [0.1, 0.15) is 12.8 Å². The van der Waals surface area contributed by atoms with Gasteiger partial charge in [-0.1, -0.05) is 47.0 Å². The predicted octanol–water partition coefficient (Wildman–Crippen LogP) is 1.97. The minimum absolute atomic E-state index is 0.0602. The predicted molar refractivity (Wildman–Crippen MR) is 61.6 cm³/mol. The Hall–Kier alpha value is -0.200. The molecule has 5 nitrogen and oxygen atoms in total. The van der Waals surface area contributed by atoms with Crippen LogP contribution in [-0.2, 0) is 4.84 Å². The van der Waals surface area contributed by atoms with Crippen molar-refractivity contribution in [3.8, 4) is 0 Å². The average molecular weight is 290 g/mol. The Morgan fingerprint density at radius 2 is 2.31 bits per heavy atom. The Kier molecular flexibility index (Phi) is 4.31. The highest BCUT2D eigenvalue weighted by atomic mass is 35.6. The summed E-state index contributed by atoms with van der Waals surface area (Å²) in [6, 6.07) is 0. The third kappa shape index (κ3) is 3.40. The van der Waals surface area contributed by atoms with E-state index in [1.54, 1.807) is 12.2 Å². The first-order chi connectivity index (χ1) is 7.29. The van der Waals surface area contributed by atoms with Crippen LogP contribution in [0.15, 0.2) is 12.2 Å². The Morgan fingerprint density at radius 3 is 2.75 bits per heavy atom. The van der Waals surface area contributed by atoms with Gasteiger partial charge in [0.2, 0.25) is 0 Å². The van der Waals surface area contributed by atoms with E-state index in [0.29, 0.717) is 6.42 Å². The summed E-state index contributed by atoms with van der Waals surface area (Å²) in [5.74, 6) is 5.10. The molecular formula is C8H11Cl3N2O3. The number of nitrogens with two attached hydrogens (primary N) is 1. The van der Waals surface area contributed by atoms with E-state index in [2.05, 4.69) is 5.32 Å². The number of nitrogens with one attached hydrogen (secondary N) is 1. The van der Waals surface area contributed by atoms with E-state index in [1.165, 1.54) is 0 Å². The summed E-state index contributed by atoms with van der Waals surface area (Å²) >= 11 is 17.0. The Balaban J connectivity index is 2.92. The molecular weight excluding hydrogens is 278 g/mol. The molecule has 0 aromatic rings.